The van der Waals surface area contributed by atoms with Gasteiger partial charge in [-0.1, -0.05) is 6.92 Å². The van der Waals surface area contributed by atoms with Crippen LogP contribution < -0.4 is 0 Å². The third-order valence-corrected chi connectivity index (χ3v) is 7.30. The molecule has 0 radical (unpaired) electrons. The molecule has 0 bridgehead atoms. The quantitative estimate of drug-likeness (QED) is 0.292. The minimum atomic E-state index is -2.51. The number of methoxy groups -OCH3 is 1. The van der Waals surface area contributed by atoms with Crippen LogP contribution >= 0.6 is 11.8 Å². The highest BCUT2D eigenvalue weighted by molar-refractivity contribution is 7.99. The number of hydrogen-bond acceptors (Lipinski definition) is 6. The lowest BCUT2D eigenvalue weighted by Crippen LogP contribution is -2.46. The Hall–Kier alpha value is -0.0831. The van der Waals surface area contributed by atoms with Crippen LogP contribution in [0, 0.1) is 5.92 Å². The summed E-state index contributed by atoms with van der Waals surface area (Å²) in [6, 6.07) is 0.822. The van der Waals surface area contributed by atoms with Gasteiger partial charge in [-0.2, -0.15) is 11.8 Å². The van der Waals surface area contributed by atoms with Crippen LogP contribution in [0.15, 0.2) is 0 Å². The van der Waals surface area contributed by atoms with E-state index in [-0.39, 0.29) is 11.9 Å². The van der Waals surface area contributed by atoms with Gasteiger partial charge in [-0.15, -0.1) is 0 Å². The molecule has 7 heteroatoms. The Labute approximate surface area is 134 Å². The van der Waals surface area contributed by atoms with Gasteiger partial charge in [0.1, 0.15) is 0 Å². The molecule has 0 aliphatic carbocycles. The van der Waals surface area contributed by atoms with Gasteiger partial charge in [-0.05, 0) is 32.9 Å². The Bertz CT molecular complexity index is 261. The number of rotatable bonds is 13. The van der Waals surface area contributed by atoms with Crippen molar-refractivity contribution in [3.8, 4) is 0 Å². The van der Waals surface area contributed by atoms with E-state index >= 15 is 0 Å². The molecular formula is C14H30O5SSi. The molecule has 0 aromatic heterocycles. The van der Waals surface area contributed by atoms with Crippen LogP contribution in [0.5, 0.6) is 0 Å². The Balaban J connectivity index is 4.10. The van der Waals surface area contributed by atoms with Crippen LogP contribution in [0.1, 0.15) is 34.1 Å². The topological polar surface area (TPSA) is 54.0 Å². The van der Waals surface area contributed by atoms with Crippen LogP contribution in [-0.2, 0) is 22.8 Å². The fraction of sp³-hybridized carbons (Fsp3) is 0.929. The molecule has 0 saturated heterocycles. The normalized spacial score (nSPS) is 13.2. The molecule has 0 spiro atoms. The van der Waals surface area contributed by atoms with E-state index in [4.69, 9.17) is 18.0 Å². The third kappa shape index (κ3) is 8.82. The number of carbonyl (C=O) groups excluding carboxylic acids is 1. The van der Waals surface area contributed by atoms with Gasteiger partial charge >= 0.3 is 14.8 Å². The van der Waals surface area contributed by atoms with Crippen molar-refractivity contribution >= 4 is 26.5 Å². The van der Waals surface area contributed by atoms with Crippen molar-refractivity contribution < 1.29 is 22.8 Å². The lowest BCUT2D eigenvalue weighted by molar-refractivity contribution is -0.144. The van der Waals surface area contributed by atoms with Crippen molar-refractivity contribution in [3.05, 3.63) is 0 Å². The van der Waals surface area contributed by atoms with E-state index < -0.39 is 8.80 Å². The molecule has 0 N–H and O–H groups in total. The smallest absolute Gasteiger partial charge is 0.469 e. The van der Waals surface area contributed by atoms with E-state index in [1.807, 2.05) is 27.7 Å². The zero-order valence-corrected chi connectivity index (χ0v) is 15.8. The van der Waals surface area contributed by atoms with Crippen molar-refractivity contribution in [1.82, 2.24) is 0 Å². The Morgan fingerprint density at radius 1 is 1.10 bits per heavy atom. The van der Waals surface area contributed by atoms with E-state index in [1.165, 1.54) is 7.11 Å². The average Bonchev–Trinajstić information content (AvgIpc) is 2.46. The highest BCUT2D eigenvalue weighted by Gasteiger charge is 2.39. The molecule has 0 aromatic carbocycles. The molecule has 1 unspecified atom stereocenters. The molecule has 0 heterocycles. The predicted molar refractivity (Wildman–Crippen MR) is 88.6 cm³/mol. The maximum absolute atomic E-state index is 11.3. The van der Waals surface area contributed by atoms with Gasteiger partial charge in [0.2, 0.25) is 0 Å². The minimum absolute atomic E-state index is 0.0623. The monoisotopic (exact) mass is 338 g/mol. The number of ether oxygens (including phenoxy) is 1. The first-order valence-corrected chi connectivity index (χ1v) is 10.7. The summed E-state index contributed by atoms with van der Waals surface area (Å²) < 4.78 is 22.1. The standard InChI is InChI=1S/C14H30O5SSi/c1-6-17-21(18-7-2,19-8-3)11-9-10-20-12-13(4)14(15)16-5/h13H,6-12H2,1-5H3. The van der Waals surface area contributed by atoms with Gasteiger partial charge in [0.15, 0.2) is 0 Å². The second-order valence-corrected chi connectivity index (χ2v) is 8.47. The number of carbonyl (C=O) groups is 1. The van der Waals surface area contributed by atoms with Crippen LogP contribution in [0.25, 0.3) is 0 Å². The summed E-state index contributed by atoms with van der Waals surface area (Å²) in [4.78, 5) is 11.3. The van der Waals surface area contributed by atoms with Crippen molar-refractivity contribution in [3.63, 3.8) is 0 Å². The van der Waals surface area contributed by atoms with Gasteiger partial charge in [0, 0.05) is 31.6 Å². The molecular weight excluding hydrogens is 308 g/mol. The van der Waals surface area contributed by atoms with Gasteiger partial charge in [0.25, 0.3) is 0 Å². The number of thioether (sulfide) groups is 1. The molecule has 0 aromatic rings. The predicted octanol–water partition coefficient (Wildman–Crippen LogP) is 2.97. The molecule has 0 aliphatic heterocycles. The van der Waals surface area contributed by atoms with E-state index in [9.17, 15) is 4.79 Å². The molecule has 0 rings (SSSR count). The van der Waals surface area contributed by atoms with Crippen LogP contribution in [-0.4, -0.2) is 53.2 Å². The fourth-order valence-corrected chi connectivity index (χ4v) is 5.79. The van der Waals surface area contributed by atoms with Crippen molar-refractivity contribution in [1.29, 1.82) is 0 Å². The van der Waals surface area contributed by atoms with Crippen LogP contribution in [0.2, 0.25) is 6.04 Å². The first kappa shape index (κ1) is 20.9. The summed E-state index contributed by atoms with van der Waals surface area (Å²) in [7, 11) is -1.08. The lowest BCUT2D eigenvalue weighted by atomic mass is 10.2. The molecule has 0 fully saturated rings. The molecule has 1 atom stereocenters. The number of hydrogen-bond donors (Lipinski definition) is 0. The molecule has 5 nitrogen and oxygen atoms in total. The van der Waals surface area contributed by atoms with Gasteiger partial charge in [-0.25, -0.2) is 0 Å². The first-order chi connectivity index (χ1) is 10.0. The Morgan fingerprint density at radius 3 is 2.05 bits per heavy atom. The van der Waals surface area contributed by atoms with Crippen LogP contribution in [0.3, 0.4) is 0 Å². The zero-order chi connectivity index (χ0) is 16.1. The van der Waals surface area contributed by atoms with E-state index in [0.717, 1.165) is 24.0 Å². The highest BCUT2D eigenvalue weighted by atomic mass is 32.2. The molecule has 0 saturated carbocycles. The minimum Gasteiger partial charge on any atom is -0.469 e. The van der Waals surface area contributed by atoms with Crippen molar-refractivity contribution in [2.45, 2.75) is 40.2 Å². The summed E-state index contributed by atoms with van der Waals surface area (Å²) in [6.07, 6.45) is 0.963. The zero-order valence-electron chi connectivity index (χ0n) is 14.0. The second kappa shape index (κ2) is 12.5. The van der Waals surface area contributed by atoms with Crippen molar-refractivity contribution in [2.75, 3.05) is 38.4 Å². The summed E-state index contributed by atoms with van der Waals surface area (Å²) >= 11 is 1.75. The molecule has 0 amide bonds. The summed E-state index contributed by atoms with van der Waals surface area (Å²) in [5.41, 5.74) is 0. The van der Waals surface area contributed by atoms with E-state index in [1.54, 1.807) is 11.8 Å². The molecule has 0 aliphatic rings. The fourth-order valence-electron chi connectivity index (χ4n) is 1.92. The third-order valence-electron chi connectivity index (χ3n) is 2.84. The first-order valence-electron chi connectivity index (χ1n) is 7.62. The van der Waals surface area contributed by atoms with Crippen LogP contribution in [0.4, 0.5) is 0 Å². The Kier molecular flexibility index (Phi) is 12.4. The maximum atomic E-state index is 11.3. The van der Waals surface area contributed by atoms with E-state index in [2.05, 4.69) is 0 Å². The molecule has 21 heavy (non-hydrogen) atoms. The molecule has 126 valence electrons. The number of esters is 1. The summed E-state index contributed by atoms with van der Waals surface area (Å²) in [5.74, 6) is 1.53. The van der Waals surface area contributed by atoms with Crippen molar-refractivity contribution in [2.24, 2.45) is 5.92 Å². The summed E-state index contributed by atoms with van der Waals surface area (Å²) in [6.45, 7) is 9.61. The second-order valence-electron chi connectivity index (χ2n) is 4.58. The highest BCUT2D eigenvalue weighted by Crippen LogP contribution is 2.20. The SMILES string of the molecule is CCO[Si](CCCSCC(C)C(=O)OC)(OCC)OCC. The van der Waals surface area contributed by atoms with E-state index in [0.29, 0.717) is 19.8 Å². The average molecular weight is 339 g/mol. The largest absolute Gasteiger partial charge is 0.500 e. The lowest BCUT2D eigenvalue weighted by Gasteiger charge is -2.28. The summed E-state index contributed by atoms with van der Waals surface area (Å²) in [5, 5.41) is 0. The van der Waals surface area contributed by atoms with Gasteiger partial charge in [0.05, 0.1) is 13.0 Å². The van der Waals surface area contributed by atoms with Gasteiger partial charge in [-0.3, -0.25) is 4.79 Å². The Morgan fingerprint density at radius 2 is 1.62 bits per heavy atom. The maximum Gasteiger partial charge on any atom is 0.500 e. The van der Waals surface area contributed by atoms with Gasteiger partial charge < -0.3 is 18.0 Å².